The summed E-state index contributed by atoms with van der Waals surface area (Å²) in [5.41, 5.74) is 4.88. The van der Waals surface area contributed by atoms with Crippen molar-refractivity contribution in [1.29, 1.82) is 0 Å². The number of amides is 1. The molecule has 3 N–H and O–H groups in total. The molecule has 1 heterocycles. The first-order valence-electron chi connectivity index (χ1n) is 6.82. The van der Waals surface area contributed by atoms with Gasteiger partial charge in [-0.1, -0.05) is 19.8 Å². The fourth-order valence-corrected chi connectivity index (χ4v) is 1.88. The lowest BCUT2D eigenvalue weighted by molar-refractivity contribution is -0.385. The largest absolute Gasteiger partial charge is 0.351 e. The lowest BCUT2D eigenvalue weighted by atomic mass is 10.1. The van der Waals surface area contributed by atoms with Crippen molar-refractivity contribution in [1.82, 2.24) is 9.88 Å². The first-order valence-corrected chi connectivity index (χ1v) is 6.82. The Labute approximate surface area is 134 Å². The van der Waals surface area contributed by atoms with E-state index in [-0.39, 0.29) is 36.6 Å². The van der Waals surface area contributed by atoms with Crippen molar-refractivity contribution in [2.24, 2.45) is 5.73 Å². The number of hydrogen-bond acceptors (Lipinski definition) is 5. The van der Waals surface area contributed by atoms with Crippen LogP contribution in [0.4, 0.5) is 5.69 Å². The van der Waals surface area contributed by atoms with Gasteiger partial charge < -0.3 is 11.1 Å². The van der Waals surface area contributed by atoms with Crippen molar-refractivity contribution in [3.8, 4) is 0 Å². The SMILES string of the molecule is CCCCC(CN)NC(=O)Cn1cc([N+](=O)[O-])ccc1=O.Cl. The van der Waals surface area contributed by atoms with Crippen molar-refractivity contribution < 1.29 is 9.72 Å². The van der Waals surface area contributed by atoms with E-state index in [0.717, 1.165) is 42.2 Å². The lowest BCUT2D eigenvalue weighted by Crippen LogP contribution is -2.42. The van der Waals surface area contributed by atoms with Crippen LogP contribution >= 0.6 is 12.4 Å². The number of nitro groups is 1. The van der Waals surface area contributed by atoms with Gasteiger partial charge in [0.05, 0.1) is 11.1 Å². The second-order valence-electron chi connectivity index (χ2n) is 4.75. The fraction of sp³-hybridized carbons (Fsp3) is 0.538. The minimum absolute atomic E-state index is 0. The van der Waals surface area contributed by atoms with E-state index in [2.05, 4.69) is 5.32 Å². The predicted octanol–water partition coefficient (Wildman–Crippen LogP) is 0.812. The predicted molar refractivity (Wildman–Crippen MR) is 85.1 cm³/mol. The molecule has 0 aliphatic heterocycles. The standard InChI is InChI=1S/C13H20N4O4.ClH/c1-2-3-4-10(7-14)15-12(18)9-16-8-11(17(20)21)5-6-13(16)19;/h5-6,8,10H,2-4,7,9,14H2,1H3,(H,15,18);1H. The normalized spacial score (nSPS) is 11.4. The first kappa shape index (κ1) is 20.1. The van der Waals surface area contributed by atoms with Gasteiger partial charge >= 0.3 is 0 Å². The summed E-state index contributed by atoms with van der Waals surface area (Å²) < 4.78 is 1.01. The third kappa shape index (κ3) is 6.23. The van der Waals surface area contributed by atoms with Crippen molar-refractivity contribution in [2.75, 3.05) is 6.54 Å². The van der Waals surface area contributed by atoms with E-state index in [4.69, 9.17) is 5.73 Å². The van der Waals surface area contributed by atoms with Crippen LogP contribution in [-0.2, 0) is 11.3 Å². The van der Waals surface area contributed by atoms with Gasteiger partial charge in [-0.05, 0) is 6.42 Å². The van der Waals surface area contributed by atoms with Crippen LogP contribution in [0.1, 0.15) is 26.2 Å². The number of carbonyl (C=O) groups excluding carboxylic acids is 1. The molecule has 0 saturated heterocycles. The summed E-state index contributed by atoms with van der Waals surface area (Å²) in [7, 11) is 0. The summed E-state index contributed by atoms with van der Waals surface area (Å²) in [5.74, 6) is -0.385. The van der Waals surface area contributed by atoms with Gasteiger partial charge in [0, 0.05) is 24.7 Å². The molecule has 1 atom stereocenters. The van der Waals surface area contributed by atoms with Crippen LogP contribution in [0, 0.1) is 10.1 Å². The Bertz CT molecular complexity index is 561. The Balaban J connectivity index is 0.00000441. The Morgan fingerprint density at radius 3 is 2.73 bits per heavy atom. The van der Waals surface area contributed by atoms with Crippen LogP contribution < -0.4 is 16.6 Å². The molecule has 0 aliphatic carbocycles. The van der Waals surface area contributed by atoms with Gasteiger partial charge in [-0.3, -0.25) is 24.3 Å². The van der Waals surface area contributed by atoms with Gasteiger partial charge in [0.1, 0.15) is 6.54 Å². The number of hydrogen-bond donors (Lipinski definition) is 2. The molecular formula is C13H21ClN4O4. The minimum Gasteiger partial charge on any atom is -0.351 e. The molecule has 0 saturated carbocycles. The van der Waals surface area contributed by atoms with Gasteiger partial charge in [0.15, 0.2) is 0 Å². The molecule has 1 unspecified atom stereocenters. The molecule has 9 heteroatoms. The molecule has 0 spiro atoms. The van der Waals surface area contributed by atoms with Crippen molar-refractivity contribution in [3.05, 3.63) is 38.8 Å². The van der Waals surface area contributed by atoms with E-state index in [1.54, 1.807) is 0 Å². The second kappa shape index (κ2) is 9.91. The van der Waals surface area contributed by atoms with Crippen LogP contribution in [-0.4, -0.2) is 28.0 Å². The number of aromatic nitrogens is 1. The lowest BCUT2D eigenvalue weighted by Gasteiger charge is -2.16. The number of nitrogens with one attached hydrogen (secondary N) is 1. The molecule has 0 aliphatic rings. The van der Waals surface area contributed by atoms with E-state index in [9.17, 15) is 19.7 Å². The maximum absolute atomic E-state index is 11.9. The van der Waals surface area contributed by atoms with Crippen LogP contribution in [0.5, 0.6) is 0 Å². The number of pyridine rings is 1. The Morgan fingerprint density at radius 1 is 1.50 bits per heavy atom. The quantitative estimate of drug-likeness (QED) is 0.539. The van der Waals surface area contributed by atoms with Crippen LogP contribution in [0.15, 0.2) is 23.1 Å². The summed E-state index contributed by atoms with van der Waals surface area (Å²) in [6.45, 7) is 2.09. The highest BCUT2D eigenvalue weighted by molar-refractivity contribution is 5.85. The number of halogens is 1. The highest BCUT2D eigenvalue weighted by Gasteiger charge is 2.13. The average molecular weight is 333 g/mol. The number of rotatable bonds is 8. The van der Waals surface area contributed by atoms with E-state index in [0.29, 0.717) is 6.54 Å². The van der Waals surface area contributed by atoms with Crippen LogP contribution in [0.2, 0.25) is 0 Å². The Kier molecular flexibility index (Phi) is 9.04. The second-order valence-corrected chi connectivity index (χ2v) is 4.75. The molecule has 8 nitrogen and oxygen atoms in total. The summed E-state index contributed by atoms with van der Waals surface area (Å²) in [6, 6.07) is 2.04. The molecule has 1 aromatic heterocycles. The zero-order chi connectivity index (χ0) is 15.8. The van der Waals surface area contributed by atoms with E-state index < -0.39 is 10.5 Å². The molecule has 22 heavy (non-hydrogen) atoms. The minimum atomic E-state index is -0.613. The average Bonchev–Trinajstić information content (AvgIpc) is 2.45. The molecular weight excluding hydrogens is 312 g/mol. The summed E-state index contributed by atoms with van der Waals surface area (Å²) in [4.78, 5) is 33.5. The number of nitrogens with two attached hydrogens (primary N) is 1. The Hall–Kier alpha value is -1.93. The summed E-state index contributed by atoms with van der Waals surface area (Å²) in [6.07, 6.45) is 3.77. The molecule has 0 fully saturated rings. The smallest absolute Gasteiger partial charge is 0.285 e. The molecule has 0 aromatic carbocycles. The summed E-state index contributed by atoms with van der Waals surface area (Å²) >= 11 is 0. The van der Waals surface area contributed by atoms with Crippen molar-refractivity contribution >= 4 is 24.0 Å². The summed E-state index contributed by atoms with van der Waals surface area (Å²) in [5, 5.41) is 13.4. The molecule has 1 rings (SSSR count). The number of carbonyl (C=O) groups is 1. The van der Waals surface area contributed by atoms with Gasteiger partial charge in [-0.25, -0.2) is 0 Å². The van der Waals surface area contributed by atoms with Gasteiger partial charge in [0.25, 0.3) is 11.2 Å². The molecule has 1 aromatic rings. The third-order valence-corrected chi connectivity index (χ3v) is 3.05. The topological polar surface area (TPSA) is 120 Å². The highest BCUT2D eigenvalue weighted by atomic mass is 35.5. The third-order valence-electron chi connectivity index (χ3n) is 3.05. The molecule has 0 radical (unpaired) electrons. The zero-order valence-electron chi connectivity index (χ0n) is 12.4. The maximum Gasteiger partial charge on any atom is 0.285 e. The fourth-order valence-electron chi connectivity index (χ4n) is 1.88. The number of unbranched alkanes of at least 4 members (excludes halogenated alkanes) is 1. The Morgan fingerprint density at radius 2 is 2.18 bits per heavy atom. The first-order chi connectivity index (χ1) is 9.97. The van der Waals surface area contributed by atoms with E-state index in [1.165, 1.54) is 0 Å². The van der Waals surface area contributed by atoms with E-state index in [1.807, 2.05) is 6.92 Å². The molecule has 1 amide bonds. The zero-order valence-corrected chi connectivity index (χ0v) is 13.2. The monoisotopic (exact) mass is 332 g/mol. The molecule has 124 valence electrons. The number of nitrogens with zero attached hydrogens (tertiary/aromatic N) is 2. The van der Waals surface area contributed by atoms with Crippen molar-refractivity contribution in [2.45, 2.75) is 38.8 Å². The maximum atomic E-state index is 11.9. The van der Waals surface area contributed by atoms with Crippen LogP contribution in [0.25, 0.3) is 0 Å². The molecule has 0 bridgehead atoms. The van der Waals surface area contributed by atoms with Crippen molar-refractivity contribution in [3.63, 3.8) is 0 Å². The van der Waals surface area contributed by atoms with Gasteiger partial charge in [0.2, 0.25) is 5.91 Å². The van der Waals surface area contributed by atoms with Gasteiger partial charge in [-0.2, -0.15) is 0 Å². The van der Waals surface area contributed by atoms with Gasteiger partial charge in [-0.15, -0.1) is 12.4 Å². The van der Waals surface area contributed by atoms with Crippen LogP contribution in [0.3, 0.4) is 0 Å². The highest BCUT2D eigenvalue weighted by Crippen LogP contribution is 2.06. The van der Waals surface area contributed by atoms with E-state index >= 15 is 0 Å².